The molecular weight excluding hydrogens is 374 g/mol. The lowest BCUT2D eigenvalue weighted by Gasteiger charge is -2.21. The molecule has 1 aliphatic heterocycles. The highest BCUT2D eigenvalue weighted by molar-refractivity contribution is 5.99. The Morgan fingerprint density at radius 2 is 1.90 bits per heavy atom. The zero-order valence-electron chi connectivity index (χ0n) is 16.8. The number of aldehydes is 1. The molecule has 0 spiro atoms. The number of rotatable bonds is 8. The minimum absolute atomic E-state index is 0.115. The van der Waals surface area contributed by atoms with E-state index < -0.39 is 11.7 Å². The molecule has 0 saturated carbocycles. The van der Waals surface area contributed by atoms with Gasteiger partial charge in [-0.3, -0.25) is 9.59 Å². The monoisotopic (exact) mass is 399 g/mol. The normalized spacial score (nSPS) is 16.6. The van der Waals surface area contributed by atoms with Crippen molar-refractivity contribution in [3.05, 3.63) is 48.0 Å². The fourth-order valence-electron chi connectivity index (χ4n) is 3.01. The first-order valence-electron chi connectivity index (χ1n) is 9.37. The summed E-state index contributed by atoms with van der Waals surface area (Å²) in [5.41, 5.74) is 0.267. The molecule has 0 aliphatic carbocycles. The van der Waals surface area contributed by atoms with Gasteiger partial charge in [0.05, 0.1) is 12.7 Å². The Hall–Kier alpha value is -3.06. The predicted octanol–water partition coefficient (Wildman–Crippen LogP) is 2.84. The van der Waals surface area contributed by atoms with E-state index >= 15 is 0 Å². The van der Waals surface area contributed by atoms with E-state index in [1.165, 1.54) is 7.11 Å². The molecule has 0 radical (unpaired) electrons. The maximum atomic E-state index is 12.8. The van der Waals surface area contributed by atoms with E-state index in [9.17, 15) is 14.7 Å². The molecule has 1 unspecified atom stereocenters. The summed E-state index contributed by atoms with van der Waals surface area (Å²) in [6.45, 7) is 3.94. The molecule has 1 heterocycles. The molecule has 2 aromatic carbocycles. The van der Waals surface area contributed by atoms with Crippen molar-refractivity contribution in [2.75, 3.05) is 25.2 Å². The number of nitrogens with zero attached hydrogens (tertiary/aromatic N) is 1. The van der Waals surface area contributed by atoms with Gasteiger partial charge in [0.2, 0.25) is 0 Å². The molecule has 0 aromatic heterocycles. The molecule has 1 amide bonds. The third-order valence-corrected chi connectivity index (χ3v) is 4.49. The third-order valence-electron chi connectivity index (χ3n) is 4.49. The molecule has 1 aliphatic rings. The summed E-state index contributed by atoms with van der Waals surface area (Å²) < 4.78 is 16.8. The van der Waals surface area contributed by atoms with Gasteiger partial charge in [0.1, 0.15) is 18.6 Å². The van der Waals surface area contributed by atoms with Gasteiger partial charge < -0.3 is 24.2 Å². The number of hydrogen-bond acceptors (Lipinski definition) is 6. The topological polar surface area (TPSA) is 85.3 Å². The zero-order valence-corrected chi connectivity index (χ0v) is 16.8. The van der Waals surface area contributed by atoms with Crippen LogP contribution in [0.5, 0.6) is 17.2 Å². The molecule has 0 bridgehead atoms. The van der Waals surface area contributed by atoms with Gasteiger partial charge in [0.25, 0.3) is 5.91 Å². The number of benzene rings is 2. The van der Waals surface area contributed by atoms with Crippen LogP contribution in [0.1, 0.15) is 30.6 Å². The molecule has 154 valence electrons. The van der Waals surface area contributed by atoms with E-state index in [4.69, 9.17) is 14.2 Å². The maximum Gasteiger partial charge on any atom is 0.268 e. The summed E-state index contributed by atoms with van der Waals surface area (Å²) in [6.07, 6.45) is 0.719. The Labute approximate surface area is 169 Å². The standard InChI is InChI=1S/C22H25NO6/c1-22(2,26)14-28-18-9-6-16(12-20(18)27-3)23-11-10-19(21(23)25)29-17-7-4-15(13-24)5-8-17/h4-9,12-13,19,26H,10-11,14H2,1-3H3. The highest BCUT2D eigenvalue weighted by Gasteiger charge is 2.34. The smallest absolute Gasteiger partial charge is 0.268 e. The molecule has 7 heteroatoms. The summed E-state index contributed by atoms with van der Waals surface area (Å²) in [7, 11) is 1.52. The van der Waals surface area contributed by atoms with Crippen molar-refractivity contribution in [3.8, 4) is 17.2 Å². The Kier molecular flexibility index (Phi) is 6.08. The van der Waals surface area contributed by atoms with Crippen molar-refractivity contribution in [1.29, 1.82) is 0 Å². The number of methoxy groups -OCH3 is 1. The van der Waals surface area contributed by atoms with E-state index in [0.29, 0.717) is 41.5 Å². The summed E-state index contributed by atoms with van der Waals surface area (Å²) in [4.78, 5) is 25.2. The molecule has 1 N–H and O–H groups in total. The summed E-state index contributed by atoms with van der Waals surface area (Å²) in [5, 5.41) is 9.83. The van der Waals surface area contributed by atoms with Gasteiger partial charge in [0, 0.05) is 30.3 Å². The minimum atomic E-state index is -0.969. The van der Waals surface area contributed by atoms with Crippen molar-refractivity contribution in [3.63, 3.8) is 0 Å². The first-order valence-corrected chi connectivity index (χ1v) is 9.37. The average molecular weight is 399 g/mol. The molecular formula is C22H25NO6. The van der Waals surface area contributed by atoms with Crippen LogP contribution in [0.25, 0.3) is 0 Å². The van der Waals surface area contributed by atoms with Crippen LogP contribution in [0.15, 0.2) is 42.5 Å². The van der Waals surface area contributed by atoms with Crippen LogP contribution in [0.4, 0.5) is 5.69 Å². The predicted molar refractivity (Wildman–Crippen MR) is 108 cm³/mol. The highest BCUT2D eigenvalue weighted by Crippen LogP contribution is 2.34. The number of aliphatic hydroxyl groups is 1. The summed E-state index contributed by atoms with van der Waals surface area (Å²) >= 11 is 0. The fraction of sp³-hybridized carbons (Fsp3) is 0.364. The molecule has 1 fully saturated rings. The lowest BCUT2D eigenvalue weighted by Crippen LogP contribution is -2.32. The van der Waals surface area contributed by atoms with Crippen molar-refractivity contribution in [2.24, 2.45) is 0 Å². The van der Waals surface area contributed by atoms with Crippen molar-refractivity contribution < 1.29 is 28.9 Å². The maximum absolute atomic E-state index is 12.8. The number of ether oxygens (including phenoxy) is 3. The van der Waals surface area contributed by atoms with Gasteiger partial charge in [-0.05, 0) is 50.2 Å². The lowest BCUT2D eigenvalue weighted by atomic mass is 10.2. The van der Waals surface area contributed by atoms with Crippen LogP contribution >= 0.6 is 0 Å². The zero-order chi connectivity index (χ0) is 21.0. The van der Waals surface area contributed by atoms with Crippen LogP contribution in [-0.4, -0.2) is 49.3 Å². The first kappa shape index (κ1) is 20.7. The van der Waals surface area contributed by atoms with Crippen molar-refractivity contribution in [2.45, 2.75) is 32.0 Å². The van der Waals surface area contributed by atoms with Gasteiger partial charge in [-0.2, -0.15) is 0 Å². The first-order chi connectivity index (χ1) is 13.8. The van der Waals surface area contributed by atoms with Crippen LogP contribution in [0.3, 0.4) is 0 Å². The number of carbonyl (C=O) groups excluding carboxylic acids is 2. The second-order valence-electron chi connectivity index (χ2n) is 7.51. The van der Waals surface area contributed by atoms with Crippen LogP contribution in [-0.2, 0) is 4.79 Å². The second-order valence-corrected chi connectivity index (χ2v) is 7.51. The number of carbonyl (C=O) groups is 2. The fourth-order valence-corrected chi connectivity index (χ4v) is 3.01. The lowest BCUT2D eigenvalue weighted by molar-refractivity contribution is -0.122. The Balaban J connectivity index is 1.70. The largest absolute Gasteiger partial charge is 0.493 e. The van der Waals surface area contributed by atoms with Gasteiger partial charge in [-0.1, -0.05) is 0 Å². The minimum Gasteiger partial charge on any atom is -0.493 e. The van der Waals surface area contributed by atoms with Crippen LogP contribution < -0.4 is 19.1 Å². The third kappa shape index (κ3) is 5.06. The van der Waals surface area contributed by atoms with Crippen LogP contribution in [0.2, 0.25) is 0 Å². The Morgan fingerprint density at radius 1 is 1.17 bits per heavy atom. The number of anilines is 1. The van der Waals surface area contributed by atoms with E-state index in [0.717, 1.165) is 6.29 Å². The molecule has 7 nitrogen and oxygen atoms in total. The van der Waals surface area contributed by atoms with Gasteiger partial charge >= 0.3 is 0 Å². The summed E-state index contributed by atoms with van der Waals surface area (Å²) in [6, 6.07) is 11.9. The van der Waals surface area contributed by atoms with E-state index in [-0.39, 0.29) is 12.5 Å². The van der Waals surface area contributed by atoms with Crippen LogP contribution in [0, 0.1) is 0 Å². The molecule has 2 aromatic rings. The highest BCUT2D eigenvalue weighted by atomic mass is 16.5. The molecule has 1 saturated heterocycles. The van der Waals surface area contributed by atoms with Crippen molar-refractivity contribution >= 4 is 17.9 Å². The Bertz CT molecular complexity index is 872. The second kappa shape index (κ2) is 8.53. The SMILES string of the molecule is COc1cc(N2CCC(Oc3ccc(C=O)cc3)C2=O)ccc1OCC(C)(C)O. The van der Waals surface area contributed by atoms with E-state index in [1.54, 1.807) is 61.2 Å². The van der Waals surface area contributed by atoms with Gasteiger partial charge in [0.15, 0.2) is 17.6 Å². The quantitative estimate of drug-likeness (QED) is 0.687. The van der Waals surface area contributed by atoms with Gasteiger partial charge in [-0.15, -0.1) is 0 Å². The average Bonchev–Trinajstić information content (AvgIpc) is 3.06. The Morgan fingerprint density at radius 3 is 2.52 bits per heavy atom. The number of hydrogen-bond donors (Lipinski definition) is 1. The van der Waals surface area contributed by atoms with Gasteiger partial charge in [-0.25, -0.2) is 0 Å². The molecule has 1 atom stereocenters. The van der Waals surface area contributed by atoms with E-state index in [2.05, 4.69) is 0 Å². The molecule has 3 rings (SSSR count). The summed E-state index contributed by atoms with van der Waals surface area (Å²) in [5.74, 6) is 1.38. The van der Waals surface area contributed by atoms with Crippen molar-refractivity contribution in [1.82, 2.24) is 0 Å². The van der Waals surface area contributed by atoms with E-state index in [1.807, 2.05) is 0 Å². The molecule has 29 heavy (non-hydrogen) atoms. The number of amides is 1.